The summed E-state index contributed by atoms with van der Waals surface area (Å²) in [4.78, 5) is 26.9. The number of fused-ring (bicyclic) bond motifs is 1. The molecule has 0 aromatic carbocycles. The molecule has 2 amide bonds. The minimum absolute atomic E-state index is 0.0868. The summed E-state index contributed by atoms with van der Waals surface area (Å²) in [5, 5.41) is 0. The number of rotatable bonds is 0. The highest BCUT2D eigenvalue weighted by atomic mass is 32.2. The molecule has 2 saturated heterocycles. The summed E-state index contributed by atoms with van der Waals surface area (Å²) >= 11 is 0. The van der Waals surface area contributed by atoms with Crippen LogP contribution in [0.4, 0.5) is 4.79 Å². The number of ether oxygens (including phenoxy) is 1. The number of carbonyl (C=O) groups is 2. The molecule has 0 aromatic heterocycles. The average molecular weight is 318 g/mol. The first-order valence-corrected chi connectivity index (χ1v) is 8.79. The molecule has 120 valence electrons. The number of sulfone groups is 1. The summed E-state index contributed by atoms with van der Waals surface area (Å²) in [6.45, 7) is 7.35. The third-order valence-corrected chi connectivity index (χ3v) is 5.41. The third kappa shape index (κ3) is 3.48. The van der Waals surface area contributed by atoms with E-state index in [0.717, 1.165) is 0 Å². The van der Waals surface area contributed by atoms with Crippen molar-refractivity contribution in [3.63, 3.8) is 0 Å². The van der Waals surface area contributed by atoms with Crippen molar-refractivity contribution in [2.24, 2.45) is 0 Å². The molecule has 0 aromatic rings. The Morgan fingerprint density at radius 3 is 2.00 bits per heavy atom. The minimum Gasteiger partial charge on any atom is -0.444 e. The summed E-state index contributed by atoms with van der Waals surface area (Å²) in [5.74, 6) is -0.358. The molecule has 0 radical (unpaired) electrons. The number of hydrogen-bond acceptors (Lipinski definition) is 5. The Kier molecular flexibility index (Phi) is 3.94. The van der Waals surface area contributed by atoms with Crippen molar-refractivity contribution >= 4 is 21.8 Å². The monoisotopic (exact) mass is 318 g/mol. The van der Waals surface area contributed by atoms with Gasteiger partial charge in [-0.25, -0.2) is 13.2 Å². The van der Waals surface area contributed by atoms with Gasteiger partial charge >= 0.3 is 6.09 Å². The molecule has 2 atom stereocenters. The maximum Gasteiger partial charge on any atom is 0.410 e. The molecule has 2 aliphatic heterocycles. The maximum atomic E-state index is 12.2. The molecular weight excluding hydrogens is 296 g/mol. The second-order valence-corrected chi connectivity index (χ2v) is 8.75. The van der Waals surface area contributed by atoms with Gasteiger partial charge in [0.1, 0.15) is 5.60 Å². The quantitative estimate of drug-likeness (QED) is 0.639. The molecule has 2 aliphatic rings. The van der Waals surface area contributed by atoms with Crippen LogP contribution in [0.1, 0.15) is 27.7 Å². The van der Waals surface area contributed by atoms with Crippen LogP contribution in [0, 0.1) is 0 Å². The predicted octanol–water partition coefficient (Wildman–Crippen LogP) is 0.251. The summed E-state index contributed by atoms with van der Waals surface area (Å²) in [5.41, 5.74) is -0.637. The highest BCUT2D eigenvalue weighted by Crippen LogP contribution is 2.28. The topological polar surface area (TPSA) is 84.0 Å². The van der Waals surface area contributed by atoms with Crippen LogP contribution in [-0.4, -0.2) is 72.5 Å². The van der Waals surface area contributed by atoms with Gasteiger partial charge in [-0.3, -0.25) is 4.79 Å². The third-order valence-electron chi connectivity index (χ3n) is 3.71. The van der Waals surface area contributed by atoms with E-state index >= 15 is 0 Å². The Morgan fingerprint density at radius 2 is 1.52 bits per heavy atom. The van der Waals surface area contributed by atoms with Crippen molar-refractivity contribution < 1.29 is 22.7 Å². The van der Waals surface area contributed by atoms with E-state index in [1.165, 1.54) is 11.8 Å². The predicted molar refractivity (Wildman–Crippen MR) is 76.6 cm³/mol. The number of amides is 2. The van der Waals surface area contributed by atoms with Crippen LogP contribution in [0.2, 0.25) is 0 Å². The highest BCUT2D eigenvalue weighted by Gasteiger charge is 2.49. The van der Waals surface area contributed by atoms with Crippen LogP contribution in [0.5, 0.6) is 0 Å². The molecule has 0 bridgehead atoms. The fourth-order valence-electron chi connectivity index (χ4n) is 2.89. The molecule has 0 N–H and O–H groups in total. The smallest absolute Gasteiger partial charge is 0.410 e. The van der Waals surface area contributed by atoms with Crippen molar-refractivity contribution in [3.05, 3.63) is 0 Å². The van der Waals surface area contributed by atoms with Gasteiger partial charge in [-0.05, 0) is 20.8 Å². The Morgan fingerprint density at radius 1 is 1.05 bits per heavy atom. The van der Waals surface area contributed by atoms with E-state index in [1.807, 2.05) is 0 Å². The molecular formula is C13H22N2O5S. The lowest BCUT2D eigenvalue weighted by atomic mass is 10.1. The number of hydrogen-bond donors (Lipinski definition) is 0. The van der Waals surface area contributed by atoms with Gasteiger partial charge in [-0.2, -0.15) is 0 Å². The van der Waals surface area contributed by atoms with E-state index in [2.05, 4.69) is 0 Å². The van der Waals surface area contributed by atoms with E-state index in [-0.39, 0.29) is 17.4 Å². The van der Waals surface area contributed by atoms with E-state index in [1.54, 1.807) is 25.7 Å². The molecule has 2 fully saturated rings. The first-order valence-electron chi connectivity index (χ1n) is 6.97. The van der Waals surface area contributed by atoms with Gasteiger partial charge in [0.05, 0.1) is 23.6 Å². The Hall–Kier alpha value is -1.31. The van der Waals surface area contributed by atoms with Crippen molar-refractivity contribution in [2.75, 3.05) is 24.6 Å². The zero-order valence-electron chi connectivity index (χ0n) is 12.8. The van der Waals surface area contributed by atoms with E-state index < -0.39 is 33.6 Å². The van der Waals surface area contributed by atoms with Crippen molar-refractivity contribution in [2.45, 2.75) is 45.4 Å². The maximum absolute atomic E-state index is 12.2. The fraction of sp³-hybridized carbons (Fsp3) is 0.846. The zero-order valence-corrected chi connectivity index (χ0v) is 13.6. The Labute approximate surface area is 125 Å². The number of nitrogens with zero attached hydrogens (tertiary/aromatic N) is 2. The second-order valence-electron chi connectivity index (χ2n) is 6.60. The van der Waals surface area contributed by atoms with E-state index in [9.17, 15) is 18.0 Å². The number of carbonyl (C=O) groups excluding carboxylic acids is 2. The first kappa shape index (κ1) is 16.1. The molecule has 7 nitrogen and oxygen atoms in total. The lowest BCUT2D eigenvalue weighted by Gasteiger charge is -2.43. The summed E-state index contributed by atoms with van der Waals surface area (Å²) in [7, 11) is -3.25. The minimum atomic E-state index is -3.25. The summed E-state index contributed by atoms with van der Waals surface area (Å²) in [6, 6.07) is -0.976. The van der Waals surface area contributed by atoms with Gasteiger partial charge in [-0.15, -0.1) is 0 Å². The van der Waals surface area contributed by atoms with Gasteiger partial charge in [0.25, 0.3) is 0 Å². The molecule has 0 saturated carbocycles. The zero-order chi connectivity index (χ0) is 16.0. The van der Waals surface area contributed by atoms with Crippen LogP contribution in [0.25, 0.3) is 0 Å². The average Bonchev–Trinajstić information content (AvgIpc) is 2.59. The lowest BCUT2D eigenvalue weighted by molar-refractivity contribution is -0.134. The molecule has 0 aliphatic carbocycles. The molecule has 2 heterocycles. The van der Waals surface area contributed by atoms with Crippen LogP contribution in [0.15, 0.2) is 0 Å². The van der Waals surface area contributed by atoms with Crippen molar-refractivity contribution in [1.29, 1.82) is 0 Å². The van der Waals surface area contributed by atoms with Crippen LogP contribution in [-0.2, 0) is 19.4 Å². The molecule has 21 heavy (non-hydrogen) atoms. The largest absolute Gasteiger partial charge is 0.444 e. The summed E-state index contributed by atoms with van der Waals surface area (Å²) in [6.07, 6.45) is -0.516. The fourth-order valence-corrected chi connectivity index (χ4v) is 4.87. The first-order chi connectivity index (χ1) is 9.50. The van der Waals surface area contributed by atoms with Gasteiger partial charge in [0, 0.05) is 20.0 Å². The van der Waals surface area contributed by atoms with Crippen molar-refractivity contribution in [1.82, 2.24) is 9.80 Å². The summed E-state index contributed by atoms with van der Waals surface area (Å²) < 4.78 is 29.1. The Bertz CT molecular complexity index is 551. The van der Waals surface area contributed by atoms with Gasteiger partial charge in [-0.1, -0.05) is 0 Å². The molecule has 0 unspecified atom stereocenters. The SMILES string of the molecule is CC(=O)N1CCN(C(=O)OC(C)(C)C)[C@@H]2CS(=O)(=O)C[C@@H]21. The molecule has 8 heteroatoms. The van der Waals surface area contributed by atoms with Gasteiger partial charge < -0.3 is 14.5 Å². The Balaban J connectivity index is 2.23. The normalized spacial score (nSPS) is 28.2. The van der Waals surface area contributed by atoms with Gasteiger partial charge in [0.2, 0.25) is 5.91 Å². The van der Waals surface area contributed by atoms with Crippen LogP contribution < -0.4 is 0 Å². The van der Waals surface area contributed by atoms with Gasteiger partial charge in [0.15, 0.2) is 9.84 Å². The number of piperazine rings is 1. The standard InChI is InChI=1S/C13H22N2O5S/c1-9(16)14-5-6-15(12(17)20-13(2,3)4)11-8-21(18,19)7-10(11)14/h10-11H,5-8H2,1-4H3/t10-,11+/m0/s1. The van der Waals surface area contributed by atoms with Crippen LogP contribution in [0.3, 0.4) is 0 Å². The molecule has 2 rings (SSSR count). The molecule has 0 spiro atoms. The second kappa shape index (κ2) is 5.15. The van der Waals surface area contributed by atoms with E-state index in [4.69, 9.17) is 4.74 Å². The van der Waals surface area contributed by atoms with E-state index in [0.29, 0.717) is 13.1 Å². The lowest BCUT2D eigenvalue weighted by Crippen LogP contribution is -2.62. The van der Waals surface area contributed by atoms with Crippen LogP contribution >= 0.6 is 0 Å². The highest BCUT2D eigenvalue weighted by molar-refractivity contribution is 7.91. The van der Waals surface area contributed by atoms with Crippen molar-refractivity contribution in [3.8, 4) is 0 Å².